The standard InChI is InChI=1S/C10H12N2O3/c13-12(14)9-3-1-8(2-4-9)10-7-15-6-5-11-10/h1-4,10-11H,5-7H2/t10-/m0/s1. The summed E-state index contributed by atoms with van der Waals surface area (Å²) in [6, 6.07) is 6.73. The van der Waals surface area contributed by atoms with E-state index in [1.165, 1.54) is 12.1 Å². The van der Waals surface area contributed by atoms with Crippen molar-refractivity contribution in [2.75, 3.05) is 19.8 Å². The Balaban J connectivity index is 2.11. The average Bonchev–Trinajstić information content (AvgIpc) is 2.30. The molecular weight excluding hydrogens is 196 g/mol. The lowest BCUT2D eigenvalue weighted by Crippen LogP contribution is -2.34. The Morgan fingerprint density at radius 1 is 1.40 bits per heavy atom. The van der Waals surface area contributed by atoms with E-state index in [9.17, 15) is 10.1 Å². The number of hydrogen-bond acceptors (Lipinski definition) is 4. The minimum absolute atomic E-state index is 0.121. The Morgan fingerprint density at radius 2 is 2.13 bits per heavy atom. The van der Waals surface area contributed by atoms with Gasteiger partial charge in [0.2, 0.25) is 0 Å². The first-order chi connectivity index (χ1) is 7.27. The number of non-ortho nitro benzene ring substituents is 1. The molecule has 80 valence electrons. The van der Waals surface area contributed by atoms with Gasteiger partial charge in [-0.05, 0) is 5.56 Å². The highest BCUT2D eigenvalue weighted by molar-refractivity contribution is 5.34. The topological polar surface area (TPSA) is 64.4 Å². The number of benzene rings is 1. The number of ether oxygens (including phenoxy) is 1. The molecule has 1 aromatic rings. The van der Waals surface area contributed by atoms with Gasteiger partial charge in [0.15, 0.2) is 0 Å². The van der Waals surface area contributed by atoms with Gasteiger partial charge in [0, 0.05) is 18.7 Å². The fourth-order valence-electron chi connectivity index (χ4n) is 1.61. The van der Waals surface area contributed by atoms with Gasteiger partial charge in [-0.15, -0.1) is 0 Å². The Labute approximate surface area is 87.2 Å². The molecule has 1 saturated heterocycles. The van der Waals surface area contributed by atoms with Crippen LogP contribution in [0.25, 0.3) is 0 Å². The fourth-order valence-corrected chi connectivity index (χ4v) is 1.61. The SMILES string of the molecule is O=[N+]([O-])c1ccc([C@@H]2COCCN2)cc1. The number of nitrogens with zero attached hydrogens (tertiary/aromatic N) is 1. The van der Waals surface area contributed by atoms with Crippen LogP contribution in [0.3, 0.4) is 0 Å². The number of hydrogen-bond donors (Lipinski definition) is 1. The average molecular weight is 208 g/mol. The van der Waals surface area contributed by atoms with Gasteiger partial charge in [0.25, 0.3) is 5.69 Å². The van der Waals surface area contributed by atoms with Crippen LogP contribution in [0.1, 0.15) is 11.6 Å². The zero-order valence-electron chi connectivity index (χ0n) is 8.18. The van der Waals surface area contributed by atoms with Gasteiger partial charge in [-0.1, -0.05) is 12.1 Å². The molecule has 0 aliphatic carbocycles. The third-order valence-corrected chi connectivity index (χ3v) is 2.43. The molecule has 0 bridgehead atoms. The summed E-state index contributed by atoms with van der Waals surface area (Å²) in [4.78, 5) is 10.1. The summed E-state index contributed by atoms with van der Waals surface area (Å²) in [5, 5.41) is 13.7. The van der Waals surface area contributed by atoms with Crippen molar-refractivity contribution in [3.63, 3.8) is 0 Å². The van der Waals surface area contributed by atoms with Crippen LogP contribution in [0, 0.1) is 10.1 Å². The highest BCUT2D eigenvalue weighted by Gasteiger charge is 2.15. The molecule has 0 unspecified atom stereocenters. The Morgan fingerprint density at radius 3 is 2.67 bits per heavy atom. The first kappa shape index (κ1) is 10.1. The van der Waals surface area contributed by atoms with Crippen LogP contribution in [0.4, 0.5) is 5.69 Å². The minimum Gasteiger partial charge on any atom is -0.378 e. The summed E-state index contributed by atoms with van der Waals surface area (Å²) in [5.74, 6) is 0. The van der Waals surface area contributed by atoms with Crippen molar-refractivity contribution in [3.05, 3.63) is 39.9 Å². The molecule has 1 aliphatic rings. The third-order valence-electron chi connectivity index (χ3n) is 2.43. The van der Waals surface area contributed by atoms with E-state index in [2.05, 4.69) is 5.32 Å². The van der Waals surface area contributed by atoms with Crippen LogP contribution >= 0.6 is 0 Å². The molecule has 0 saturated carbocycles. The molecule has 0 spiro atoms. The van der Waals surface area contributed by atoms with Crippen LogP contribution in [0.15, 0.2) is 24.3 Å². The zero-order valence-corrected chi connectivity index (χ0v) is 8.18. The number of morpholine rings is 1. The van der Waals surface area contributed by atoms with Crippen molar-refractivity contribution in [1.82, 2.24) is 5.32 Å². The number of nitrogens with one attached hydrogen (secondary N) is 1. The Bertz CT molecular complexity index is 344. The predicted octanol–water partition coefficient (Wildman–Crippen LogP) is 1.26. The molecule has 2 rings (SSSR count). The van der Waals surface area contributed by atoms with Crippen LogP contribution < -0.4 is 5.32 Å². The van der Waals surface area contributed by atoms with Crippen LogP contribution in [-0.4, -0.2) is 24.7 Å². The number of nitro groups is 1. The summed E-state index contributed by atoms with van der Waals surface area (Å²) in [7, 11) is 0. The maximum absolute atomic E-state index is 10.5. The lowest BCUT2D eigenvalue weighted by atomic mass is 10.1. The molecule has 1 fully saturated rings. The van der Waals surface area contributed by atoms with E-state index in [-0.39, 0.29) is 11.7 Å². The highest BCUT2D eigenvalue weighted by Crippen LogP contribution is 2.19. The molecular formula is C10H12N2O3. The first-order valence-corrected chi connectivity index (χ1v) is 4.83. The lowest BCUT2D eigenvalue weighted by molar-refractivity contribution is -0.384. The van der Waals surface area contributed by atoms with Crippen molar-refractivity contribution in [3.8, 4) is 0 Å². The van der Waals surface area contributed by atoms with Crippen molar-refractivity contribution in [2.24, 2.45) is 0 Å². The van der Waals surface area contributed by atoms with E-state index in [0.717, 1.165) is 18.7 Å². The van der Waals surface area contributed by atoms with E-state index in [1.807, 2.05) is 0 Å². The van der Waals surface area contributed by atoms with E-state index in [1.54, 1.807) is 12.1 Å². The molecule has 5 heteroatoms. The van der Waals surface area contributed by atoms with Crippen molar-refractivity contribution < 1.29 is 9.66 Å². The molecule has 1 aliphatic heterocycles. The summed E-state index contributed by atoms with van der Waals surface area (Å²) in [5.41, 5.74) is 1.15. The van der Waals surface area contributed by atoms with Gasteiger partial charge in [-0.25, -0.2) is 0 Å². The van der Waals surface area contributed by atoms with E-state index < -0.39 is 4.92 Å². The predicted molar refractivity (Wildman–Crippen MR) is 54.7 cm³/mol. The fraction of sp³-hybridized carbons (Fsp3) is 0.400. The molecule has 1 aromatic carbocycles. The largest absolute Gasteiger partial charge is 0.378 e. The molecule has 1 atom stereocenters. The van der Waals surface area contributed by atoms with E-state index >= 15 is 0 Å². The Kier molecular flexibility index (Phi) is 2.94. The second-order valence-corrected chi connectivity index (χ2v) is 3.43. The summed E-state index contributed by atoms with van der Waals surface area (Å²) >= 11 is 0. The summed E-state index contributed by atoms with van der Waals surface area (Å²) < 4.78 is 5.32. The molecule has 15 heavy (non-hydrogen) atoms. The molecule has 5 nitrogen and oxygen atoms in total. The summed E-state index contributed by atoms with van der Waals surface area (Å²) in [6.07, 6.45) is 0. The number of rotatable bonds is 2. The molecule has 1 N–H and O–H groups in total. The van der Waals surface area contributed by atoms with Crippen LogP contribution in [0.2, 0.25) is 0 Å². The van der Waals surface area contributed by atoms with Crippen LogP contribution in [0.5, 0.6) is 0 Å². The second kappa shape index (κ2) is 4.37. The second-order valence-electron chi connectivity index (χ2n) is 3.43. The van der Waals surface area contributed by atoms with Crippen molar-refractivity contribution in [2.45, 2.75) is 6.04 Å². The maximum atomic E-state index is 10.5. The number of nitro benzene ring substituents is 1. The zero-order chi connectivity index (χ0) is 10.7. The van der Waals surface area contributed by atoms with Gasteiger partial charge in [-0.3, -0.25) is 10.1 Å². The minimum atomic E-state index is -0.394. The molecule has 0 radical (unpaired) electrons. The smallest absolute Gasteiger partial charge is 0.269 e. The molecule has 1 heterocycles. The van der Waals surface area contributed by atoms with Crippen LogP contribution in [-0.2, 0) is 4.74 Å². The quantitative estimate of drug-likeness (QED) is 0.587. The van der Waals surface area contributed by atoms with Gasteiger partial charge >= 0.3 is 0 Å². The lowest BCUT2D eigenvalue weighted by Gasteiger charge is -2.23. The van der Waals surface area contributed by atoms with Crippen molar-refractivity contribution in [1.29, 1.82) is 0 Å². The van der Waals surface area contributed by atoms with Crippen molar-refractivity contribution >= 4 is 5.69 Å². The normalized spacial score (nSPS) is 21.2. The summed E-state index contributed by atoms with van der Waals surface area (Å²) in [6.45, 7) is 2.17. The van der Waals surface area contributed by atoms with E-state index in [4.69, 9.17) is 4.74 Å². The van der Waals surface area contributed by atoms with Gasteiger partial charge < -0.3 is 10.1 Å². The molecule has 0 aromatic heterocycles. The van der Waals surface area contributed by atoms with Gasteiger partial charge in [0.05, 0.1) is 24.2 Å². The van der Waals surface area contributed by atoms with Gasteiger partial charge in [-0.2, -0.15) is 0 Å². The first-order valence-electron chi connectivity index (χ1n) is 4.83. The third kappa shape index (κ3) is 2.31. The molecule has 0 amide bonds. The highest BCUT2D eigenvalue weighted by atomic mass is 16.6. The maximum Gasteiger partial charge on any atom is 0.269 e. The van der Waals surface area contributed by atoms with E-state index in [0.29, 0.717) is 6.61 Å². The van der Waals surface area contributed by atoms with Gasteiger partial charge in [0.1, 0.15) is 0 Å². The Hall–Kier alpha value is -1.46. The monoisotopic (exact) mass is 208 g/mol.